The van der Waals surface area contributed by atoms with Gasteiger partial charge in [-0.1, -0.05) is 42.5 Å². The molecule has 150 valence electrons. The minimum atomic E-state index is 0. The first-order chi connectivity index (χ1) is 12.2. The predicted octanol–water partition coefficient (Wildman–Crippen LogP) is 3.84. The topological polar surface area (TPSA) is 41.7 Å². The van der Waals surface area contributed by atoms with Crippen LogP contribution in [-0.4, -0.2) is 48.7 Å². The van der Waals surface area contributed by atoms with Gasteiger partial charge in [-0.25, -0.2) is 0 Å². The molecule has 2 aromatic rings. The highest BCUT2D eigenvalue weighted by atomic mass is 35.5. The summed E-state index contributed by atoms with van der Waals surface area (Å²) in [4.78, 5) is 5.05. The molecule has 3 rings (SSSR count). The van der Waals surface area contributed by atoms with E-state index in [1.165, 1.54) is 11.1 Å². The van der Waals surface area contributed by atoms with Crippen molar-refractivity contribution in [2.24, 2.45) is 0 Å². The van der Waals surface area contributed by atoms with Crippen molar-refractivity contribution in [3.05, 3.63) is 65.7 Å². The average molecular weight is 412 g/mol. The van der Waals surface area contributed by atoms with Gasteiger partial charge < -0.3 is 10.5 Å². The molecule has 2 aromatic carbocycles. The Hall–Kier alpha value is -1.30. The van der Waals surface area contributed by atoms with E-state index in [0.29, 0.717) is 6.04 Å². The number of nitrogen functional groups attached to an aromatic ring is 1. The number of anilines is 1. The highest BCUT2D eigenvalue weighted by molar-refractivity contribution is 5.85. The maximum atomic E-state index is 5.97. The van der Waals surface area contributed by atoms with Gasteiger partial charge in [0.05, 0.1) is 13.2 Å². The minimum absolute atomic E-state index is 0. The van der Waals surface area contributed by atoms with E-state index in [1.54, 1.807) is 0 Å². The molecule has 0 radical (unpaired) electrons. The molecule has 0 bridgehead atoms. The number of benzene rings is 2. The van der Waals surface area contributed by atoms with Gasteiger partial charge in [0.25, 0.3) is 0 Å². The van der Waals surface area contributed by atoms with E-state index in [-0.39, 0.29) is 24.8 Å². The van der Waals surface area contributed by atoms with E-state index in [0.717, 1.165) is 51.6 Å². The zero-order valence-electron chi connectivity index (χ0n) is 15.9. The molecule has 0 saturated carbocycles. The van der Waals surface area contributed by atoms with Crippen LogP contribution in [0.25, 0.3) is 0 Å². The van der Waals surface area contributed by atoms with Crippen LogP contribution in [0.15, 0.2) is 54.6 Å². The van der Waals surface area contributed by atoms with Gasteiger partial charge in [-0.05, 0) is 30.2 Å². The number of halogens is 2. The van der Waals surface area contributed by atoms with Crippen molar-refractivity contribution in [1.82, 2.24) is 9.80 Å². The van der Waals surface area contributed by atoms with E-state index < -0.39 is 0 Å². The van der Waals surface area contributed by atoms with Crippen molar-refractivity contribution in [2.45, 2.75) is 26.1 Å². The fourth-order valence-electron chi connectivity index (χ4n) is 3.38. The Morgan fingerprint density at radius 2 is 1.59 bits per heavy atom. The summed E-state index contributed by atoms with van der Waals surface area (Å²) in [5.74, 6) is 0. The number of morpholine rings is 1. The van der Waals surface area contributed by atoms with Gasteiger partial charge in [0, 0.05) is 44.5 Å². The zero-order valence-corrected chi connectivity index (χ0v) is 17.6. The Kier molecular flexibility index (Phi) is 10.7. The average Bonchev–Trinajstić information content (AvgIpc) is 2.63. The Labute approximate surface area is 175 Å². The monoisotopic (exact) mass is 411 g/mol. The van der Waals surface area contributed by atoms with Gasteiger partial charge in [-0.15, -0.1) is 24.8 Å². The molecule has 1 saturated heterocycles. The standard InChI is InChI=1S/C21H29N3O.2ClH/c1-18(15-23-10-12-25-13-11-23)24(16-19-6-3-2-4-7-19)17-20-8-5-9-21(22)14-20;;/h2-9,14,18H,10-13,15-17,22H2,1H3;2*1H. The molecule has 1 atom stereocenters. The van der Waals surface area contributed by atoms with Crippen LogP contribution in [-0.2, 0) is 17.8 Å². The Morgan fingerprint density at radius 3 is 2.26 bits per heavy atom. The molecule has 1 unspecified atom stereocenters. The maximum absolute atomic E-state index is 5.97. The quantitative estimate of drug-likeness (QED) is 0.702. The maximum Gasteiger partial charge on any atom is 0.0594 e. The lowest BCUT2D eigenvalue weighted by atomic mass is 10.1. The second-order valence-electron chi connectivity index (χ2n) is 6.90. The van der Waals surface area contributed by atoms with E-state index in [2.05, 4.69) is 59.2 Å². The van der Waals surface area contributed by atoms with E-state index in [4.69, 9.17) is 10.5 Å². The smallest absolute Gasteiger partial charge is 0.0594 e. The van der Waals surface area contributed by atoms with Gasteiger partial charge in [0.15, 0.2) is 0 Å². The molecule has 6 heteroatoms. The van der Waals surface area contributed by atoms with Crippen LogP contribution in [0.4, 0.5) is 5.69 Å². The first kappa shape index (κ1) is 23.7. The molecular formula is C21H31Cl2N3O. The number of hydrogen-bond donors (Lipinski definition) is 1. The lowest BCUT2D eigenvalue weighted by Crippen LogP contribution is -2.45. The number of rotatable bonds is 7. The number of nitrogens with two attached hydrogens (primary N) is 1. The Morgan fingerprint density at radius 1 is 0.963 bits per heavy atom. The summed E-state index contributed by atoms with van der Waals surface area (Å²) in [6, 6.07) is 19.4. The summed E-state index contributed by atoms with van der Waals surface area (Å²) >= 11 is 0. The minimum Gasteiger partial charge on any atom is -0.399 e. The van der Waals surface area contributed by atoms with Crippen molar-refractivity contribution in [1.29, 1.82) is 0 Å². The molecule has 4 nitrogen and oxygen atoms in total. The Bertz CT molecular complexity index is 651. The molecule has 0 aromatic heterocycles. The van der Waals surface area contributed by atoms with Crippen molar-refractivity contribution < 1.29 is 4.74 Å². The van der Waals surface area contributed by atoms with Crippen molar-refractivity contribution in [3.8, 4) is 0 Å². The molecule has 0 spiro atoms. The van der Waals surface area contributed by atoms with E-state index >= 15 is 0 Å². The highest BCUT2D eigenvalue weighted by Crippen LogP contribution is 2.16. The fourth-order valence-corrected chi connectivity index (χ4v) is 3.38. The van der Waals surface area contributed by atoms with Crippen LogP contribution in [0, 0.1) is 0 Å². The lowest BCUT2D eigenvalue weighted by Gasteiger charge is -2.35. The van der Waals surface area contributed by atoms with Crippen molar-refractivity contribution >= 4 is 30.5 Å². The number of hydrogen-bond acceptors (Lipinski definition) is 4. The van der Waals surface area contributed by atoms with Gasteiger partial charge in [0.1, 0.15) is 0 Å². The number of ether oxygens (including phenoxy) is 1. The first-order valence-corrected chi connectivity index (χ1v) is 9.13. The van der Waals surface area contributed by atoms with Crippen LogP contribution >= 0.6 is 24.8 Å². The molecule has 27 heavy (non-hydrogen) atoms. The third-order valence-corrected chi connectivity index (χ3v) is 4.81. The molecule has 2 N–H and O–H groups in total. The normalized spacial score (nSPS) is 15.6. The zero-order chi connectivity index (χ0) is 17.5. The summed E-state index contributed by atoms with van der Waals surface area (Å²) < 4.78 is 5.48. The second-order valence-corrected chi connectivity index (χ2v) is 6.90. The molecule has 0 aliphatic carbocycles. The molecule has 1 aliphatic heterocycles. The predicted molar refractivity (Wildman–Crippen MR) is 118 cm³/mol. The fraction of sp³-hybridized carbons (Fsp3) is 0.429. The first-order valence-electron chi connectivity index (χ1n) is 9.13. The molecule has 1 heterocycles. The summed E-state index contributed by atoms with van der Waals surface area (Å²) in [6.07, 6.45) is 0. The van der Waals surface area contributed by atoms with E-state index in [1.807, 2.05) is 12.1 Å². The third-order valence-electron chi connectivity index (χ3n) is 4.81. The van der Waals surface area contributed by atoms with Gasteiger partial charge in [-0.3, -0.25) is 9.80 Å². The molecule has 0 amide bonds. The summed E-state index contributed by atoms with van der Waals surface area (Å²) in [7, 11) is 0. The largest absolute Gasteiger partial charge is 0.399 e. The molecular weight excluding hydrogens is 381 g/mol. The van der Waals surface area contributed by atoms with Crippen LogP contribution in [0.2, 0.25) is 0 Å². The highest BCUT2D eigenvalue weighted by Gasteiger charge is 2.19. The third kappa shape index (κ3) is 7.68. The molecule has 1 fully saturated rings. The summed E-state index contributed by atoms with van der Waals surface area (Å²) in [6.45, 7) is 9.00. The summed E-state index contributed by atoms with van der Waals surface area (Å²) in [5.41, 5.74) is 9.42. The SMILES string of the molecule is CC(CN1CCOCC1)N(Cc1ccccc1)Cc1cccc(N)c1.Cl.Cl. The molecule has 1 aliphatic rings. The van der Waals surface area contributed by atoms with Gasteiger partial charge >= 0.3 is 0 Å². The number of nitrogens with zero attached hydrogens (tertiary/aromatic N) is 2. The second kappa shape index (κ2) is 12.2. The summed E-state index contributed by atoms with van der Waals surface area (Å²) in [5, 5.41) is 0. The van der Waals surface area contributed by atoms with Gasteiger partial charge in [-0.2, -0.15) is 0 Å². The van der Waals surface area contributed by atoms with Crippen LogP contribution < -0.4 is 5.73 Å². The van der Waals surface area contributed by atoms with Gasteiger partial charge in [0.2, 0.25) is 0 Å². The Balaban J connectivity index is 0.00000182. The van der Waals surface area contributed by atoms with Crippen LogP contribution in [0.3, 0.4) is 0 Å². The van der Waals surface area contributed by atoms with E-state index in [9.17, 15) is 0 Å². The van der Waals surface area contributed by atoms with Crippen LogP contribution in [0.5, 0.6) is 0 Å². The van der Waals surface area contributed by atoms with Crippen LogP contribution in [0.1, 0.15) is 18.1 Å². The lowest BCUT2D eigenvalue weighted by molar-refractivity contribution is 0.0226. The van der Waals surface area contributed by atoms with Crippen molar-refractivity contribution in [3.63, 3.8) is 0 Å². The van der Waals surface area contributed by atoms with Crippen molar-refractivity contribution in [2.75, 3.05) is 38.6 Å².